The predicted molar refractivity (Wildman–Crippen MR) is 61.8 cm³/mol. The summed E-state index contributed by atoms with van der Waals surface area (Å²) in [4.78, 5) is 0. The van der Waals surface area contributed by atoms with Crippen LogP contribution in [0.25, 0.3) is 0 Å². The van der Waals surface area contributed by atoms with Crippen LogP contribution >= 0.6 is 0 Å². The molecule has 0 aliphatic carbocycles. The van der Waals surface area contributed by atoms with Crippen molar-refractivity contribution in [3.63, 3.8) is 0 Å². The number of hydrogen-bond acceptors (Lipinski definition) is 2. The summed E-state index contributed by atoms with van der Waals surface area (Å²) < 4.78 is 31.6. The molecule has 0 spiro atoms. The zero-order chi connectivity index (χ0) is 12.8. The van der Waals surface area contributed by atoms with Crippen LogP contribution in [-0.4, -0.2) is 23.9 Å². The highest BCUT2D eigenvalue weighted by Crippen LogP contribution is 2.15. The first-order chi connectivity index (χ1) is 8.08. The number of rotatable bonds is 6. The fraction of sp³-hybridized carbons (Fsp3) is 0.538. The summed E-state index contributed by atoms with van der Waals surface area (Å²) >= 11 is 0. The van der Waals surface area contributed by atoms with Gasteiger partial charge in [-0.2, -0.15) is 0 Å². The van der Waals surface area contributed by atoms with Gasteiger partial charge in [0.05, 0.1) is 12.2 Å². The van der Waals surface area contributed by atoms with Crippen LogP contribution in [0.1, 0.15) is 25.8 Å². The van der Waals surface area contributed by atoms with Crippen LogP contribution < -0.4 is 0 Å². The van der Waals surface area contributed by atoms with E-state index in [1.807, 2.05) is 13.8 Å². The molecule has 0 radical (unpaired) electrons. The lowest BCUT2D eigenvalue weighted by Crippen LogP contribution is -2.30. The smallest absolute Gasteiger partial charge is 0.126 e. The summed E-state index contributed by atoms with van der Waals surface area (Å²) in [5, 5.41) is 9.89. The normalized spacial score (nSPS) is 14.6. The molecule has 0 aliphatic rings. The first kappa shape index (κ1) is 14.1. The van der Waals surface area contributed by atoms with Crippen molar-refractivity contribution < 1.29 is 18.6 Å². The van der Waals surface area contributed by atoms with Gasteiger partial charge < -0.3 is 9.84 Å². The summed E-state index contributed by atoms with van der Waals surface area (Å²) in [5.41, 5.74) is 0.177. The van der Waals surface area contributed by atoms with Gasteiger partial charge in [0, 0.05) is 13.0 Å². The molecule has 1 aromatic rings. The summed E-state index contributed by atoms with van der Waals surface area (Å²) in [6.45, 7) is 4.20. The lowest BCUT2D eigenvalue weighted by Gasteiger charge is -2.21. The Kier molecular flexibility index (Phi) is 5.51. The first-order valence-corrected chi connectivity index (χ1v) is 5.82. The number of aliphatic hydroxyl groups is 1. The molecule has 0 aliphatic heterocycles. The van der Waals surface area contributed by atoms with Gasteiger partial charge in [0.15, 0.2) is 0 Å². The van der Waals surface area contributed by atoms with Crippen LogP contribution in [0.15, 0.2) is 18.2 Å². The summed E-state index contributed by atoms with van der Waals surface area (Å²) in [5.74, 6) is -1.00. The van der Waals surface area contributed by atoms with Crippen molar-refractivity contribution in [3.8, 4) is 0 Å². The minimum absolute atomic E-state index is 0.0576. The fourth-order valence-electron chi connectivity index (χ4n) is 1.77. The van der Waals surface area contributed by atoms with Gasteiger partial charge in [0.25, 0.3) is 0 Å². The molecule has 2 nitrogen and oxygen atoms in total. The molecule has 1 N–H and O–H groups in total. The number of hydrogen-bond donors (Lipinski definition) is 1. The Morgan fingerprint density at radius 2 is 2.00 bits per heavy atom. The molecule has 1 rings (SSSR count). The second-order valence-electron chi connectivity index (χ2n) is 3.91. The molecule has 17 heavy (non-hydrogen) atoms. The maximum atomic E-state index is 13.4. The van der Waals surface area contributed by atoms with Crippen LogP contribution in [-0.2, 0) is 11.2 Å². The third kappa shape index (κ3) is 4.06. The lowest BCUT2D eigenvalue weighted by molar-refractivity contribution is -0.0337. The van der Waals surface area contributed by atoms with E-state index in [-0.39, 0.29) is 18.1 Å². The van der Waals surface area contributed by atoms with Gasteiger partial charge in [0.2, 0.25) is 0 Å². The average molecular weight is 244 g/mol. The Morgan fingerprint density at radius 3 is 2.59 bits per heavy atom. The summed E-state index contributed by atoms with van der Waals surface area (Å²) in [6.07, 6.45) is -0.479. The van der Waals surface area contributed by atoms with Crippen LogP contribution in [0.5, 0.6) is 0 Å². The van der Waals surface area contributed by atoms with E-state index in [2.05, 4.69) is 0 Å². The van der Waals surface area contributed by atoms with Crippen LogP contribution in [0.3, 0.4) is 0 Å². The van der Waals surface area contributed by atoms with Gasteiger partial charge in [-0.05, 0) is 37.1 Å². The molecule has 2 unspecified atom stereocenters. The van der Waals surface area contributed by atoms with E-state index in [4.69, 9.17) is 4.74 Å². The Balaban J connectivity index is 2.72. The second-order valence-corrected chi connectivity index (χ2v) is 3.91. The van der Waals surface area contributed by atoms with Crippen LogP contribution in [0.2, 0.25) is 0 Å². The average Bonchev–Trinajstić information content (AvgIpc) is 2.30. The van der Waals surface area contributed by atoms with E-state index in [1.54, 1.807) is 0 Å². The van der Waals surface area contributed by atoms with E-state index in [0.717, 1.165) is 18.2 Å². The molecule has 2 atom stereocenters. The van der Waals surface area contributed by atoms with Crippen molar-refractivity contribution in [2.75, 3.05) is 6.61 Å². The molecule has 0 saturated heterocycles. The highest BCUT2D eigenvalue weighted by Gasteiger charge is 2.19. The highest BCUT2D eigenvalue weighted by atomic mass is 19.1. The Labute approximate surface area is 100 Å². The second kappa shape index (κ2) is 6.67. The topological polar surface area (TPSA) is 29.5 Å². The third-order valence-electron chi connectivity index (χ3n) is 2.65. The third-order valence-corrected chi connectivity index (χ3v) is 2.65. The largest absolute Gasteiger partial charge is 0.390 e. The first-order valence-electron chi connectivity index (χ1n) is 5.82. The van der Waals surface area contributed by atoms with Crippen molar-refractivity contribution in [1.82, 2.24) is 0 Å². The molecule has 0 bridgehead atoms. The maximum Gasteiger partial charge on any atom is 0.126 e. The van der Waals surface area contributed by atoms with E-state index < -0.39 is 17.7 Å². The zero-order valence-corrected chi connectivity index (χ0v) is 10.1. The van der Waals surface area contributed by atoms with Crippen LogP contribution in [0.4, 0.5) is 8.78 Å². The molecular formula is C13H18F2O2. The van der Waals surface area contributed by atoms with Crippen molar-refractivity contribution >= 4 is 0 Å². The predicted octanol–water partition coefficient (Wildman–Crippen LogP) is 2.68. The fourth-order valence-corrected chi connectivity index (χ4v) is 1.77. The van der Waals surface area contributed by atoms with Gasteiger partial charge in [-0.15, -0.1) is 0 Å². The highest BCUT2D eigenvalue weighted by molar-refractivity contribution is 5.19. The number of halogens is 2. The Hall–Kier alpha value is -1.00. The lowest BCUT2D eigenvalue weighted by atomic mass is 10.0. The molecule has 0 amide bonds. The van der Waals surface area contributed by atoms with Gasteiger partial charge in [0.1, 0.15) is 11.6 Å². The van der Waals surface area contributed by atoms with Crippen molar-refractivity contribution in [2.45, 2.75) is 38.9 Å². The number of aliphatic hydroxyl groups excluding tert-OH is 1. The Morgan fingerprint density at radius 1 is 1.29 bits per heavy atom. The Bertz CT molecular complexity index is 355. The van der Waals surface area contributed by atoms with Crippen LogP contribution in [0, 0.1) is 11.6 Å². The minimum atomic E-state index is -0.823. The molecule has 0 heterocycles. The number of benzene rings is 1. The minimum Gasteiger partial charge on any atom is -0.390 e. The summed E-state index contributed by atoms with van der Waals surface area (Å²) in [6, 6.07) is 3.24. The van der Waals surface area contributed by atoms with E-state index in [1.165, 1.54) is 0 Å². The SMILES string of the molecule is CCOC(CC)C(O)Cc1cc(F)ccc1F. The molecular weight excluding hydrogens is 226 g/mol. The molecule has 0 aromatic heterocycles. The maximum absolute atomic E-state index is 13.4. The monoisotopic (exact) mass is 244 g/mol. The van der Waals surface area contributed by atoms with Crippen molar-refractivity contribution in [2.24, 2.45) is 0 Å². The van der Waals surface area contributed by atoms with Gasteiger partial charge in [-0.1, -0.05) is 6.92 Å². The van der Waals surface area contributed by atoms with Crippen molar-refractivity contribution in [1.29, 1.82) is 0 Å². The standard InChI is InChI=1S/C13H18F2O2/c1-3-13(17-4-2)12(16)8-9-7-10(14)5-6-11(9)15/h5-7,12-13,16H,3-4,8H2,1-2H3. The molecule has 96 valence electrons. The van der Waals surface area contributed by atoms with Gasteiger partial charge in [-0.3, -0.25) is 0 Å². The zero-order valence-electron chi connectivity index (χ0n) is 10.1. The van der Waals surface area contributed by atoms with Crippen molar-refractivity contribution in [3.05, 3.63) is 35.4 Å². The molecule has 0 saturated carbocycles. The summed E-state index contributed by atoms with van der Waals surface area (Å²) in [7, 11) is 0. The van der Waals surface area contributed by atoms with E-state index in [0.29, 0.717) is 13.0 Å². The number of ether oxygens (including phenoxy) is 1. The molecule has 0 fully saturated rings. The molecule has 1 aromatic carbocycles. The quantitative estimate of drug-likeness (QED) is 0.833. The molecule has 4 heteroatoms. The van der Waals surface area contributed by atoms with E-state index >= 15 is 0 Å². The van der Waals surface area contributed by atoms with E-state index in [9.17, 15) is 13.9 Å². The van der Waals surface area contributed by atoms with Gasteiger partial charge >= 0.3 is 0 Å². The van der Waals surface area contributed by atoms with Gasteiger partial charge in [-0.25, -0.2) is 8.78 Å².